The zero-order chi connectivity index (χ0) is 20.3. The Kier molecular flexibility index (Phi) is 5.74. The van der Waals surface area contributed by atoms with Crippen molar-refractivity contribution in [2.24, 2.45) is 0 Å². The molecular weight excluding hydrogens is 384 g/mol. The van der Waals surface area contributed by atoms with Gasteiger partial charge in [0, 0.05) is 30.6 Å². The Balaban J connectivity index is 1.50. The van der Waals surface area contributed by atoms with E-state index in [0.717, 1.165) is 38.5 Å². The molecular formula is C23H28N2O3S. The van der Waals surface area contributed by atoms with Crippen molar-refractivity contribution < 1.29 is 13.2 Å². The van der Waals surface area contributed by atoms with Crippen LogP contribution in [0.5, 0.6) is 0 Å². The molecule has 2 fully saturated rings. The second-order valence-electron chi connectivity index (χ2n) is 8.18. The predicted octanol–water partition coefficient (Wildman–Crippen LogP) is 3.71. The fourth-order valence-electron chi connectivity index (χ4n) is 4.64. The van der Waals surface area contributed by atoms with Crippen molar-refractivity contribution in [2.45, 2.75) is 48.8 Å². The summed E-state index contributed by atoms with van der Waals surface area (Å²) in [6.07, 6.45) is 6.21. The van der Waals surface area contributed by atoms with Crippen LogP contribution in [0.4, 0.5) is 0 Å². The molecule has 1 aliphatic carbocycles. The van der Waals surface area contributed by atoms with Gasteiger partial charge in [-0.15, -0.1) is 0 Å². The Morgan fingerprint density at radius 3 is 2.31 bits per heavy atom. The minimum Gasteiger partial charge on any atom is -0.351 e. The quantitative estimate of drug-likeness (QED) is 0.786. The van der Waals surface area contributed by atoms with E-state index >= 15 is 0 Å². The summed E-state index contributed by atoms with van der Waals surface area (Å²) >= 11 is 0. The molecule has 1 heterocycles. The van der Waals surface area contributed by atoms with Gasteiger partial charge in [0.25, 0.3) is 5.91 Å². The number of sulfonamides is 1. The van der Waals surface area contributed by atoms with Gasteiger partial charge in [-0.2, -0.15) is 4.31 Å². The van der Waals surface area contributed by atoms with E-state index in [2.05, 4.69) is 17.4 Å². The standard InChI is InChI=1S/C23H28N2O3S/c26-22(24-18-23(13-4-5-14-23)20-10-2-1-3-11-20)19-9-8-12-21(17-19)29(27,28)25-15-6-7-16-25/h1-3,8-12,17H,4-7,13-16,18H2,(H,24,26). The average Bonchev–Trinajstić information content (AvgIpc) is 3.46. The van der Waals surface area contributed by atoms with Gasteiger partial charge in [0.05, 0.1) is 4.90 Å². The fourth-order valence-corrected chi connectivity index (χ4v) is 6.20. The van der Waals surface area contributed by atoms with Crippen LogP contribution in [0.3, 0.4) is 0 Å². The molecule has 1 N–H and O–H groups in total. The number of hydrogen-bond acceptors (Lipinski definition) is 3. The molecule has 0 spiro atoms. The number of hydrogen-bond donors (Lipinski definition) is 1. The third-order valence-electron chi connectivity index (χ3n) is 6.33. The normalized spacial score (nSPS) is 19.3. The number of nitrogens with zero attached hydrogens (tertiary/aromatic N) is 1. The lowest BCUT2D eigenvalue weighted by Crippen LogP contribution is -2.39. The van der Waals surface area contributed by atoms with E-state index < -0.39 is 10.0 Å². The third-order valence-corrected chi connectivity index (χ3v) is 8.23. The minimum absolute atomic E-state index is 0.0316. The molecule has 1 aliphatic heterocycles. The largest absolute Gasteiger partial charge is 0.351 e. The number of carbonyl (C=O) groups excluding carboxylic acids is 1. The summed E-state index contributed by atoms with van der Waals surface area (Å²) in [5.41, 5.74) is 1.63. The fraction of sp³-hybridized carbons (Fsp3) is 0.435. The molecule has 0 aromatic heterocycles. The Labute approximate surface area is 173 Å². The van der Waals surface area contributed by atoms with E-state index in [0.29, 0.717) is 25.2 Å². The van der Waals surface area contributed by atoms with Crippen LogP contribution in [0.1, 0.15) is 54.4 Å². The van der Waals surface area contributed by atoms with Crippen LogP contribution in [0.15, 0.2) is 59.5 Å². The summed E-state index contributed by atoms with van der Waals surface area (Å²) < 4.78 is 27.1. The molecule has 2 aromatic carbocycles. The zero-order valence-corrected chi connectivity index (χ0v) is 17.5. The Bertz CT molecular complexity index is 961. The van der Waals surface area contributed by atoms with E-state index in [4.69, 9.17) is 0 Å². The summed E-state index contributed by atoms with van der Waals surface area (Å²) in [5.74, 6) is -0.217. The lowest BCUT2D eigenvalue weighted by molar-refractivity contribution is 0.0943. The first-order valence-corrected chi connectivity index (χ1v) is 11.9. The number of carbonyl (C=O) groups is 1. The second-order valence-corrected chi connectivity index (χ2v) is 10.1. The Hall–Kier alpha value is -2.18. The van der Waals surface area contributed by atoms with E-state index in [-0.39, 0.29) is 16.2 Å². The molecule has 1 saturated heterocycles. The van der Waals surface area contributed by atoms with Crippen molar-refractivity contribution in [3.8, 4) is 0 Å². The first-order valence-electron chi connectivity index (χ1n) is 10.5. The summed E-state index contributed by atoms with van der Waals surface area (Å²) in [5, 5.41) is 3.08. The van der Waals surface area contributed by atoms with Crippen molar-refractivity contribution in [2.75, 3.05) is 19.6 Å². The second kappa shape index (κ2) is 8.28. The first kappa shape index (κ1) is 20.1. The van der Waals surface area contributed by atoms with E-state index in [1.54, 1.807) is 18.2 Å². The highest BCUT2D eigenvalue weighted by Crippen LogP contribution is 2.40. The molecule has 154 valence electrons. The smallest absolute Gasteiger partial charge is 0.251 e. The monoisotopic (exact) mass is 412 g/mol. The molecule has 6 heteroatoms. The van der Waals surface area contributed by atoms with Crippen molar-refractivity contribution in [3.05, 3.63) is 65.7 Å². The molecule has 0 bridgehead atoms. The van der Waals surface area contributed by atoms with Crippen LogP contribution in [0.25, 0.3) is 0 Å². The van der Waals surface area contributed by atoms with Crippen molar-refractivity contribution in [3.63, 3.8) is 0 Å². The molecule has 2 aliphatic rings. The highest BCUT2D eigenvalue weighted by Gasteiger charge is 2.36. The lowest BCUT2D eigenvalue weighted by Gasteiger charge is -2.30. The van der Waals surface area contributed by atoms with Crippen molar-refractivity contribution in [1.29, 1.82) is 0 Å². The molecule has 29 heavy (non-hydrogen) atoms. The summed E-state index contributed by atoms with van der Waals surface area (Å²) in [7, 11) is -3.53. The van der Waals surface area contributed by atoms with Crippen LogP contribution in [0, 0.1) is 0 Å². The van der Waals surface area contributed by atoms with Crippen molar-refractivity contribution >= 4 is 15.9 Å². The SMILES string of the molecule is O=C(NCC1(c2ccccc2)CCCC1)c1cccc(S(=O)(=O)N2CCCC2)c1. The Morgan fingerprint density at radius 1 is 0.931 bits per heavy atom. The molecule has 0 atom stereocenters. The zero-order valence-electron chi connectivity index (χ0n) is 16.6. The summed E-state index contributed by atoms with van der Waals surface area (Å²) in [6.45, 7) is 1.68. The van der Waals surface area contributed by atoms with Gasteiger partial charge in [-0.1, -0.05) is 49.2 Å². The third kappa shape index (κ3) is 4.09. The highest BCUT2D eigenvalue weighted by molar-refractivity contribution is 7.89. The van der Waals surface area contributed by atoms with Crippen molar-refractivity contribution in [1.82, 2.24) is 9.62 Å². The number of rotatable bonds is 6. The van der Waals surface area contributed by atoms with Gasteiger partial charge in [-0.25, -0.2) is 8.42 Å². The predicted molar refractivity (Wildman–Crippen MR) is 113 cm³/mol. The van der Waals surface area contributed by atoms with Crippen LogP contribution in [-0.2, 0) is 15.4 Å². The van der Waals surface area contributed by atoms with E-state index in [1.807, 2.05) is 18.2 Å². The highest BCUT2D eigenvalue weighted by atomic mass is 32.2. The van der Waals surface area contributed by atoms with Gasteiger partial charge in [0.15, 0.2) is 0 Å². The molecule has 1 amide bonds. The number of benzene rings is 2. The van der Waals surface area contributed by atoms with Gasteiger partial charge < -0.3 is 5.32 Å². The van der Waals surface area contributed by atoms with Gasteiger partial charge in [-0.05, 0) is 49.4 Å². The number of amides is 1. The molecule has 4 rings (SSSR count). The average molecular weight is 413 g/mol. The lowest BCUT2D eigenvalue weighted by atomic mass is 9.79. The minimum atomic E-state index is -3.53. The van der Waals surface area contributed by atoms with Gasteiger partial charge in [0.2, 0.25) is 10.0 Å². The Morgan fingerprint density at radius 2 is 1.62 bits per heavy atom. The summed E-state index contributed by atoms with van der Waals surface area (Å²) in [6, 6.07) is 16.8. The molecule has 0 radical (unpaired) electrons. The molecule has 2 aromatic rings. The summed E-state index contributed by atoms with van der Waals surface area (Å²) in [4.78, 5) is 13.1. The molecule has 0 unspecified atom stereocenters. The molecule has 1 saturated carbocycles. The van der Waals surface area contributed by atoms with Crippen LogP contribution < -0.4 is 5.32 Å². The van der Waals surface area contributed by atoms with E-state index in [1.165, 1.54) is 15.9 Å². The topological polar surface area (TPSA) is 66.5 Å². The maximum absolute atomic E-state index is 12.9. The van der Waals surface area contributed by atoms with Crippen LogP contribution >= 0.6 is 0 Å². The van der Waals surface area contributed by atoms with Crippen LogP contribution in [-0.4, -0.2) is 38.3 Å². The van der Waals surface area contributed by atoms with Gasteiger partial charge >= 0.3 is 0 Å². The maximum Gasteiger partial charge on any atom is 0.251 e. The maximum atomic E-state index is 12.9. The van der Waals surface area contributed by atoms with Crippen LogP contribution in [0.2, 0.25) is 0 Å². The van der Waals surface area contributed by atoms with Gasteiger partial charge in [0.1, 0.15) is 0 Å². The van der Waals surface area contributed by atoms with Gasteiger partial charge in [-0.3, -0.25) is 4.79 Å². The number of nitrogens with one attached hydrogen (secondary N) is 1. The molecule has 5 nitrogen and oxygen atoms in total. The first-order chi connectivity index (χ1) is 14.0. The van der Waals surface area contributed by atoms with E-state index in [9.17, 15) is 13.2 Å².